The Labute approximate surface area is 201 Å². The van der Waals surface area contributed by atoms with Crippen LogP contribution in [0.3, 0.4) is 0 Å². The fourth-order valence-electron chi connectivity index (χ4n) is 2.74. The number of amides is 3. The van der Waals surface area contributed by atoms with Crippen LogP contribution in [-0.4, -0.2) is 24.3 Å². The minimum atomic E-state index is -0.518. The minimum absolute atomic E-state index is 0.0420. The maximum atomic E-state index is 12.0. The van der Waals surface area contributed by atoms with E-state index in [1.807, 2.05) is 12.1 Å². The zero-order valence-electron chi connectivity index (χ0n) is 18.3. The van der Waals surface area contributed by atoms with Gasteiger partial charge in [0, 0.05) is 23.6 Å². The Balaban J connectivity index is 1.71. The lowest BCUT2D eigenvalue weighted by Crippen LogP contribution is -2.44. The van der Waals surface area contributed by atoms with E-state index in [2.05, 4.69) is 45.9 Å². The van der Waals surface area contributed by atoms with Gasteiger partial charge < -0.3 is 10.1 Å². The molecule has 0 saturated heterocycles. The lowest BCUT2D eigenvalue weighted by atomic mass is 9.99. The molecule has 1 unspecified atom stereocenters. The van der Waals surface area contributed by atoms with Crippen LogP contribution < -0.4 is 20.9 Å². The van der Waals surface area contributed by atoms with Crippen LogP contribution in [0.25, 0.3) is 0 Å². The summed E-state index contributed by atoms with van der Waals surface area (Å²) in [5, 5.41) is 3.26. The summed E-state index contributed by atoms with van der Waals surface area (Å²) in [4.78, 5) is 35.9. The van der Waals surface area contributed by atoms with Gasteiger partial charge in [-0.1, -0.05) is 37.6 Å². The first-order chi connectivity index (χ1) is 15.2. The number of carbonyl (C=O) groups excluding carboxylic acids is 3. The number of rotatable bonds is 9. The Hall–Kier alpha value is -2.58. The molecular weight excluding hydrogens is 498 g/mol. The largest absolute Gasteiger partial charge is 0.483 e. The molecule has 0 aromatic heterocycles. The maximum absolute atomic E-state index is 12.0. The van der Waals surface area contributed by atoms with Gasteiger partial charge in [-0.2, -0.15) is 0 Å². The Kier molecular flexibility index (Phi) is 9.99. The van der Waals surface area contributed by atoms with Gasteiger partial charge in [0.15, 0.2) is 6.61 Å². The van der Waals surface area contributed by atoms with Crippen molar-refractivity contribution in [1.82, 2.24) is 10.9 Å². The Bertz CT molecular complexity index is 984. The van der Waals surface area contributed by atoms with Gasteiger partial charge in [-0.05, 0) is 70.6 Å². The van der Waals surface area contributed by atoms with Gasteiger partial charge in [-0.25, -0.2) is 0 Å². The SMILES string of the molecule is CCC(C)c1ccc(OCC(=O)NNC(=O)CCC(=O)Nc2cccc(Cl)c2C)c(Br)c1. The second-order valence-electron chi connectivity index (χ2n) is 7.34. The molecule has 9 heteroatoms. The van der Waals surface area contributed by atoms with Gasteiger partial charge in [0.05, 0.1) is 4.47 Å². The van der Waals surface area contributed by atoms with Crippen LogP contribution in [0.4, 0.5) is 5.69 Å². The van der Waals surface area contributed by atoms with Gasteiger partial charge >= 0.3 is 0 Å². The average Bonchev–Trinajstić information content (AvgIpc) is 2.77. The number of carbonyl (C=O) groups is 3. The van der Waals surface area contributed by atoms with Gasteiger partial charge in [0.2, 0.25) is 11.8 Å². The lowest BCUT2D eigenvalue weighted by Gasteiger charge is -2.13. The number of anilines is 1. The number of benzene rings is 2. The van der Waals surface area contributed by atoms with Crippen molar-refractivity contribution in [3.8, 4) is 5.75 Å². The number of ether oxygens (including phenoxy) is 1. The van der Waals surface area contributed by atoms with Crippen LogP contribution in [0.1, 0.15) is 50.2 Å². The van der Waals surface area contributed by atoms with Gasteiger partial charge in [0.25, 0.3) is 5.91 Å². The van der Waals surface area contributed by atoms with Crippen molar-refractivity contribution in [3.05, 3.63) is 57.0 Å². The lowest BCUT2D eigenvalue weighted by molar-refractivity contribution is -0.130. The molecule has 0 spiro atoms. The molecule has 172 valence electrons. The van der Waals surface area contributed by atoms with E-state index in [4.69, 9.17) is 16.3 Å². The van der Waals surface area contributed by atoms with Crippen molar-refractivity contribution in [1.29, 1.82) is 0 Å². The maximum Gasteiger partial charge on any atom is 0.276 e. The monoisotopic (exact) mass is 523 g/mol. The van der Waals surface area contributed by atoms with Crippen LogP contribution >= 0.6 is 27.5 Å². The molecular formula is C23H27BrClN3O4. The minimum Gasteiger partial charge on any atom is -0.483 e. The number of hydrazine groups is 1. The summed E-state index contributed by atoms with van der Waals surface area (Å²) in [6.07, 6.45) is 0.894. The summed E-state index contributed by atoms with van der Waals surface area (Å²) in [5.41, 5.74) is 7.07. The van der Waals surface area contributed by atoms with Crippen LogP contribution in [0.2, 0.25) is 5.02 Å². The van der Waals surface area contributed by atoms with Crippen LogP contribution in [-0.2, 0) is 14.4 Å². The molecule has 32 heavy (non-hydrogen) atoms. The van der Waals surface area contributed by atoms with E-state index in [1.54, 1.807) is 31.2 Å². The van der Waals surface area contributed by atoms with Crippen molar-refractivity contribution in [2.45, 2.75) is 46.0 Å². The van der Waals surface area contributed by atoms with Gasteiger partial charge in [-0.3, -0.25) is 25.2 Å². The number of nitrogens with one attached hydrogen (secondary N) is 3. The third-order valence-electron chi connectivity index (χ3n) is 4.96. The van der Waals surface area contributed by atoms with E-state index in [9.17, 15) is 14.4 Å². The molecule has 0 aliphatic rings. The third kappa shape index (κ3) is 7.84. The highest BCUT2D eigenvalue weighted by Crippen LogP contribution is 2.30. The fraction of sp³-hybridized carbons (Fsp3) is 0.348. The third-order valence-corrected chi connectivity index (χ3v) is 5.99. The summed E-state index contributed by atoms with van der Waals surface area (Å²) in [6, 6.07) is 10.9. The molecule has 0 radical (unpaired) electrons. The molecule has 0 fully saturated rings. The van der Waals surface area contributed by atoms with Crippen LogP contribution in [0.5, 0.6) is 5.75 Å². The fourth-order valence-corrected chi connectivity index (χ4v) is 3.43. The molecule has 0 bridgehead atoms. The normalized spacial score (nSPS) is 11.4. The molecule has 3 amide bonds. The molecule has 7 nitrogen and oxygen atoms in total. The Morgan fingerprint density at radius 3 is 2.44 bits per heavy atom. The standard InChI is InChI=1S/C23H27BrClN3O4/c1-4-14(2)16-8-9-20(17(24)12-16)32-13-23(31)28-27-22(30)11-10-21(29)26-19-7-5-6-18(25)15(19)3/h5-9,12,14H,4,10-11,13H2,1-3H3,(H,26,29)(H,27,30)(H,28,31). The van der Waals surface area contributed by atoms with Gasteiger partial charge in [0.1, 0.15) is 5.75 Å². The van der Waals surface area contributed by atoms with E-state index in [-0.39, 0.29) is 25.4 Å². The molecule has 2 aromatic carbocycles. The predicted octanol–water partition coefficient (Wildman–Crippen LogP) is 4.87. The molecule has 0 aliphatic carbocycles. The van der Waals surface area contributed by atoms with Crippen molar-refractivity contribution in [3.63, 3.8) is 0 Å². The Morgan fingerprint density at radius 1 is 1.06 bits per heavy atom. The first-order valence-corrected chi connectivity index (χ1v) is 11.4. The van der Waals surface area contributed by atoms with E-state index < -0.39 is 11.8 Å². The summed E-state index contributed by atoms with van der Waals surface area (Å²) >= 11 is 9.48. The highest BCUT2D eigenvalue weighted by Gasteiger charge is 2.12. The molecule has 0 heterocycles. The summed E-state index contributed by atoms with van der Waals surface area (Å²) in [7, 11) is 0. The van der Waals surface area contributed by atoms with Crippen molar-refractivity contribution in [2.75, 3.05) is 11.9 Å². The van der Waals surface area contributed by atoms with Gasteiger partial charge in [-0.15, -0.1) is 0 Å². The smallest absolute Gasteiger partial charge is 0.276 e. The number of halogens is 2. The molecule has 2 rings (SSSR count). The molecule has 2 aromatic rings. The second kappa shape index (κ2) is 12.5. The van der Waals surface area contributed by atoms with E-state index in [1.165, 1.54) is 5.56 Å². The highest BCUT2D eigenvalue weighted by molar-refractivity contribution is 9.10. The number of hydrogen-bond acceptors (Lipinski definition) is 4. The topological polar surface area (TPSA) is 96.5 Å². The van der Waals surface area contributed by atoms with Crippen molar-refractivity contribution in [2.24, 2.45) is 0 Å². The molecule has 3 N–H and O–H groups in total. The van der Waals surface area contributed by atoms with Crippen molar-refractivity contribution >= 4 is 50.9 Å². The molecule has 0 aliphatic heterocycles. The zero-order valence-corrected chi connectivity index (χ0v) is 20.6. The first-order valence-electron chi connectivity index (χ1n) is 10.3. The number of hydrogen-bond donors (Lipinski definition) is 3. The summed E-state index contributed by atoms with van der Waals surface area (Å²) in [6.45, 7) is 5.78. The quantitative estimate of drug-likeness (QED) is 0.408. The first kappa shape index (κ1) is 25.7. The van der Waals surface area contributed by atoms with Crippen LogP contribution in [0, 0.1) is 6.92 Å². The predicted molar refractivity (Wildman–Crippen MR) is 129 cm³/mol. The van der Waals surface area contributed by atoms with E-state index in [0.29, 0.717) is 22.4 Å². The van der Waals surface area contributed by atoms with Crippen LogP contribution in [0.15, 0.2) is 40.9 Å². The molecule has 0 saturated carbocycles. The summed E-state index contributed by atoms with van der Waals surface area (Å²) in [5.74, 6) is -0.376. The Morgan fingerprint density at radius 2 is 1.75 bits per heavy atom. The van der Waals surface area contributed by atoms with E-state index in [0.717, 1.165) is 16.5 Å². The highest BCUT2D eigenvalue weighted by atomic mass is 79.9. The average molecular weight is 525 g/mol. The second-order valence-corrected chi connectivity index (χ2v) is 8.61. The molecule has 1 atom stereocenters. The zero-order chi connectivity index (χ0) is 23.7. The summed E-state index contributed by atoms with van der Waals surface area (Å²) < 4.78 is 6.26. The van der Waals surface area contributed by atoms with Crippen molar-refractivity contribution < 1.29 is 19.1 Å². The van der Waals surface area contributed by atoms with E-state index >= 15 is 0 Å².